The van der Waals surface area contributed by atoms with Gasteiger partial charge in [-0.05, 0) is 43.3 Å². The summed E-state index contributed by atoms with van der Waals surface area (Å²) < 4.78 is 5.57. The van der Waals surface area contributed by atoms with Crippen molar-refractivity contribution < 1.29 is 9.32 Å². The van der Waals surface area contributed by atoms with Gasteiger partial charge in [-0.1, -0.05) is 34.5 Å². The lowest BCUT2D eigenvalue weighted by molar-refractivity contribution is 0.0734. The van der Waals surface area contributed by atoms with Gasteiger partial charge in [0.2, 0.25) is 0 Å². The van der Waals surface area contributed by atoms with Crippen LogP contribution in [0.1, 0.15) is 27.2 Å². The minimum Gasteiger partial charge on any atom is -0.356 e. The van der Waals surface area contributed by atoms with Gasteiger partial charge < -0.3 is 9.42 Å². The highest BCUT2D eigenvalue weighted by molar-refractivity contribution is 6.30. The highest BCUT2D eigenvalue weighted by Gasteiger charge is 2.28. The number of hydrogen-bond donors (Lipinski definition) is 0. The van der Waals surface area contributed by atoms with Crippen molar-refractivity contribution in [3.8, 4) is 11.3 Å². The first-order valence-corrected chi connectivity index (χ1v) is 8.59. The van der Waals surface area contributed by atoms with Crippen molar-refractivity contribution in [1.29, 1.82) is 0 Å². The molecule has 0 atom stereocenters. The van der Waals surface area contributed by atoms with Crippen molar-refractivity contribution in [3.63, 3.8) is 0 Å². The number of halogens is 1. The Balaban J connectivity index is 1.63. The van der Waals surface area contributed by atoms with Crippen LogP contribution in [-0.2, 0) is 13.0 Å². The van der Waals surface area contributed by atoms with Crippen molar-refractivity contribution in [3.05, 3.63) is 75.9 Å². The zero-order valence-corrected chi connectivity index (χ0v) is 14.6. The van der Waals surface area contributed by atoms with Gasteiger partial charge in [0.15, 0.2) is 5.76 Å². The van der Waals surface area contributed by atoms with E-state index in [1.807, 2.05) is 60.4 Å². The maximum absolute atomic E-state index is 12.8. The summed E-state index contributed by atoms with van der Waals surface area (Å²) in [5.41, 5.74) is 4.62. The number of rotatable bonds is 2. The van der Waals surface area contributed by atoms with Crippen molar-refractivity contribution in [2.45, 2.75) is 19.9 Å². The summed E-state index contributed by atoms with van der Waals surface area (Å²) in [6.45, 7) is 3.14. The lowest BCUT2D eigenvalue weighted by Crippen LogP contribution is -2.35. The summed E-state index contributed by atoms with van der Waals surface area (Å²) in [6, 6.07) is 15.1. The second kappa shape index (κ2) is 6.37. The van der Waals surface area contributed by atoms with E-state index in [4.69, 9.17) is 16.1 Å². The predicted molar refractivity (Wildman–Crippen MR) is 96.6 cm³/mol. The monoisotopic (exact) mass is 352 g/mol. The fourth-order valence-electron chi connectivity index (χ4n) is 3.17. The first kappa shape index (κ1) is 15.9. The molecule has 0 bridgehead atoms. The molecule has 3 aromatic rings. The fourth-order valence-corrected chi connectivity index (χ4v) is 3.30. The van der Waals surface area contributed by atoms with Crippen LogP contribution in [0.2, 0.25) is 5.02 Å². The minimum absolute atomic E-state index is 0.0395. The Morgan fingerprint density at radius 2 is 2.00 bits per heavy atom. The van der Waals surface area contributed by atoms with Crippen LogP contribution in [0.4, 0.5) is 0 Å². The average Bonchev–Trinajstić information content (AvgIpc) is 3.05. The van der Waals surface area contributed by atoms with E-state index in [0.717, 1.165) is 22.4 Å². The summed E-state index contributed by atoms with van der Waals surface area (Å²) in [6.07, 6.45) is 0.698. The number of aryl methyl sites for hydroxylation is 1. The van der Waals surface area contributed by atoms with Crippen LogP contribution in [0.15, 0.2) is 53.1 Å². The van der Waals surface area contributed by atoms with E-state index in [2.05, 4.69) is 5.16 Å². The number of amides is 1. The van der Waals surface area contributed by atoms with Crippen LogP contribution in [-0.4, -0.2) is 22.5 Å². The number of carbonyl (C=O) groups is 1. The molecular weight excluding hydrogens is 336 g/mol. The fraction of sp³-hybridized carbons (Fsp3) is 0.200. The molecule has 2 aromatic carbocycles. The van der Waals surface area contributed by atoms with Gasteiger partial charge in [0.05, 0.1) is 12.2 Å². The first-order chi connectivity index (χ1) is 12.1. The molecule has 0 spiro atoms. The van der Waals surface area contributed by atoms with E-state index in [-0.39, 0.29) is 5.91 Å². The van der Waals surface area contributed by atoms with E-state index in [1.165, 1.54) is 0 Å². The Bertz CT molecular complexity index is 931. The maximum atomic E-state index is 12.8. The van der Waals surface area contributed by atoms with Crippen molar-refractivity contribution in [2.24, 2.45) is 0 Å². The summed E-state index contributed by atoms with van der Waals surface area (Å²) >= 11 is 5.96. The Kier molecular flexibility index (Phi) is 4.06. The lowest BCUT2D eigenvalue weighted by Gasteiger charge is -2.26. The second-order valence-electron chi connectivity index (χ2n) is 6.29. The van der Waals surface area contributed by atoms with E-state index in [0.29, 0.717) is 35.9 Å². The first-order valence-electron chi connectivity index (χ1n) is 8.21. The molecule has 0 N–H and O–H groups in total. The molecule has 0 saturated heterocycles. The van der Waals surface area contributed by atoms with Gasteiger partial charge in [0.25, 0.3) is 5.91 Å². The molecule has 5 heteroatoms. The maximum Gasteiger partial charge on any atom is 0.254 e. The van der Waals surface area contributed by atoms with Crippen LogP contribution in [0.3, 0.4) is 0 Å². The zero-order chi connectivity index (χ0) is 17.4. The van der Waals surface area contributed by atoms with Gasteiger partial charge in [-0.25, -0.2) is 0 Å². The number of aromatic nitrogens is 1. The zero-order valence-electron chi connectivity index (χ0n) is 13.8. The quantitative estimate of drug-likeness (QED) is 0.682. The van der Waals surface area contributed by atoms with Crippen molar-refractivity contribution >= 4 is 17.5 Å². The molecule has 0 fully saturated rings. The van der Waals surface area contributed by atoms with Crippen LogP contribution in [0.5, 0.6) is 0 Å². The van der Waals surface area contributed by atoms with E-state index >= 15 is 0 Å². The Morgan fingerprint density at radius 3 is 2.76 bits per heavy atom. The molecule has 1 aliphatic rings. The smallest absolute Gasteiger partial charge is 0.254 e. The highest BCUT2D eigenvalue weighted by atomic mass is 35.5. The number of fused-ring (bicyclic) bond motifs is 1. The molecule has 0 aliphatic carbocycles. The van der Waals surface area contributed by atoms with Crippen molar-refractivity contribution in [2.75, 3.05) is 6.54 Å². The number of nitrogens with zero attached hydrogens (tertiary/aromatic N) is 2. The van der Waals surface area contributed by atoms with Crippen LogP contribution >= 0.6 is 11.6 Å². The number of hydrogen-bond acceptors (Lipinski definition) is 3. The molecule has 4 rings (SSSR count). The molecule has 1 amide bonds. The Hall–Kier alpha value is -2.59. The molecule has 0 radical (unpaired) electrons. The van der Waals surface area contributed by atoms with Gasteiger partial charge in [0, 0.05) is 34.7 Å². The number of carbonyl (C=O) groups excluding carboxylic acids is 1. The third kappa shape index (κ3) is 3.05. The molecular formula is C20H17ClN2O2. The summed E-state index contributed by atoms with van der Waals surface area (Å²) in [5.74, 6) is 0.756. The van der Waals surface area contributed by atoms with Crippen molar-refractivity contribution in [1.82, 2.24) is 10.1 Å². The predicted octanol–water partition coefficient (Wildman–Crippen LogP) is 4.50. The van der Waals surface area contributed by atoms with E-state index < -0.39 is 0 Å². The Morgan fingerprint density at radius 1 is 1.20 bits per heavy atom. The van der Waals surface area contributed by atoms with Crippen LogP contribution < -0.4 is 0 Å². The molecule has 0 unspecified atom stereocenters. The lowest BCUT2D eigenvalue weighted by atomic mass is 10.0. The highest BCUT2D eigenvalue weighted by Crippen LogP contribution is 2.31. The van der Waals surface area contributed by atoms with Gasteiger partial charge in [-0.3, -0.25) is 4.79 Å². The molecule has 2 heterocycles. The standard InChI is InChI=1S/C20H17ClN2O2/c1-13-3-2-4-15(11-13)20(24)23-10-9-18-17(12-23)19(25-22-18)14-5-7-16(21)8-6-14/h2-8,11H,9-10,12H2,1H3. The van der Waals surface area contributed by atoms with Gasteiger partial charge in [-0.2, -0.15) is 0 Å². The van der Waals surface area contributed by atoms with Gasteiger partial charge in [-0.15, -0.1) is 0 Å². The third-order valence-corrected chi connectivity index (χ3v) is 4.75. The SMILES string of the molecule is Cc1cccc(C(=O)N2CCc3noc(-c4ccc(Cl)cc4)c3C2)c1. The average molecular weight is 353 g/mol. The topological polar surface area (TPSA) is 46.3 Å². The molecule has 0 saturated carbocycles. The number of benzene rings is 2. The Labute approximate surface area is 151 Å². The molecule has 1 aromatic heterocycles. The molecule has 4 nitrogen and oxygen atoms in total. The normalized spacial score (nSPS) is 13.6. The summed E-state index contributed by atoms with van der Waals surface area (Å²) in [5, 5.41) is 4.86. The van der Waals surface area contributed by atoms with Gasteiger partial charge in [0.1, 0.15) is 0 Å². The molecule has 1 aliphatic heterocycles. The summed E-state index contributed by atoms with van der Waals surface area (Å²) in [7, 11) is 0. The molecule has 126 valence electrons. The van der Waals surface area contributed by atoms with Crippen LogP contribution in [0, 0.1) is 6.92 Å². The summed E-state index contributed by atoms with van der Waals surface area (Å²) in [4.78, 5) is 14.7. The van der Waals surface area contributed by atoms with E-state index in [1.54, 1.807) is 0 Å². The van der Waals surface area contributed by atoms with Gasteiger partial charge >= 0.3 is 0 Å². The molecule has 25 heavy (non-hydrogen) atoms. The minimum atomic E-state index is 0.0395. The largest absolute Gasteiger partial charge is 0.356 e. The van der Waals surface area contributed by atoms with E-state index in [9.17, 15) is 4.79 Å². The second-order valence-corrected chi connectivity index (χ2v) is 6.73. The third-order valence-electron chi connectivity index (χ3n) is 4.50. The van der Waals surface area contributed by atoms with Crippen LogP contribution in [0.25, 0.3) is 11.3 Å².